The number of morpholine rings is 1. The van der Waals surface area contributed by atoms with Gasteiger partial charge in [0.1, 0.15) is 5.82 Å². The summed E-state index contributed by atoms with van der Waals surface area (Å²) in [6, 6.07) is 10.6. The van der Waals surface area contributed by atoms with E-state index in [1.54, 1.807) is 6.20 Å². The van der Waals surface area contributed by atoms with Gasteiger partial charge in [-0.15, -0.1) is 0 Å². The summed E-state index contributed by atoms with van der Waals surface area (Å²) < 4.78 is 5.82. The molecule has 1 saturated heterocycles. The number of H-pyrrole nitrogens is 1. The molecular weight excluding hydrogens is 238 g/mol. The van der Waals surface area contributed by atoms with Crippen molar-refractivity contribution in [3.05, 3.63) is 54.1 Å². The van der Waals surface area contributed by atoms with Crippen molar-refractivity contribution < 1.29 is 4.74 Å². The van der Waals surface area contributed by atoms with Crippen molar-refractivity contribution >= 4 is 0 Å². The molecule has 1 aromatic carbocycles. The van der Waals surface area contributed by atoms with E-state index < -0.39 is 0 Å². The van der Waals surface area contributed by atoms with Crippen LogP contribution in [0.5, 0.6) is 0 Å². The van der Waals surface area contributed by atoms with Crippen LogP contribution in [0, 0.1) is 0 Å². The zero-order chi connectivity index (χ0) is 12.9. The second-order valence-corrected chi connectivity index (χ2v) is 4.95. The van der Waals surface area contributed by atoms with Crippen molar-refractivity contribution in [1.29, 1.82) is 0 Å². The van der Waals surface area contributed by atoms with E-state index in [-0.39, 0.29) is 6.10 Å². The monoisotopic (exact) mass is 257 g/mol. The molecule has 0 bridgehead atoms. The van der Waals surface area contributed by atoms with Crippen molar-refractivity contribution in [3.63, 3.8) is 0 Å². The Morgan fingerprint density at radius 3 is 3.00 bits per heavy atom. The fourth-order valence-electron chi connectivity index (χ4n) is 2.51. The lowest BCUT2D eigenvalue weighted by Gasteiger charge is -2.32. The highest BCUT2D eigenvalue weighted by Crippen LogP contribution is 2.12. The van der Waals surface area contributed by atoms with Crippen LogP contribution in [0.25, 0.3) is 0 Å². The predicted octanol–water partition coefficient (Wildman–Crippen LogP) is 1.85. The zero-order valence-electron chi connectivity index (χ0n) is 11.0. The van der Waals surface area contributed by atoms with E-state index in [0.29, 0.717) is 0 Å². The maximum atomic E-state index is 5.82. The first kappa shape index (κ1) is 12.4. The number of aromatic amines is 1. The smallest absolute Gasteiger partial charge is 0.108 e. The lowest BCUT2D eigenvalue weighted by molar-refractivity contribution is -0.0312. The van der Waals surface area contributed by atoms with Crippen LogP contribution in [0.3, 0.4) is 0 Å². The van der Waals surface area contributed by atoms with Crippen LogP contribution >= 0.6 is 0 Å². The van der Waals surface area contributed by atoms with E-state index >= 15 is 0 Å². The number of aromatic nitrogens is 2. The second kappa shape index (κ2) is 5.99. The Labute approximate surface area is 113 Å². The Morgan fingerprint density at radius 1 is 1.32 bits per heavy atom. The minimum absolute atomic E-state index is 0.239. The fraction of sp³-hybridized carbons (Fsp3) is 0.400. The number of hydrogen-bond acceptors (Lipinski definition) is 3. The van der Waals surface area contributed by atoms with Crippen molar-refractivity contribution in [3.8, 4) is 0 Å². The van der Waals surface area contributed by atoms with Gasteiger partial charge in [0.15, 0.2) is 0 Å². The average molecular weight is 257 g/mol. The maximum Gasteiger partial charge on any atom is 0.108 e. The van der Waals surface area contributed by atoms with Crippen molar-refractivity contribution in [2.45, 2.75) is 19.1 Å². The van der Waals surface area contributed by atoms with E-state index in [1.165, 1.54) is 5.56 Å². The van der Waals surface area contributed by atoms with E-state index in [1.807, 2.05) is 6.20 Å². The highest BCUT2D eigenvalue weighted by Gasteiger charge is 2.21. The van der Waals surface area contributed by atoms with Crippen LogP contribution in [0.15, 0.2) is 42.7 Å². The molecule has 1 atom stereocenters. The molecular formula is C15H19N3O. The number of ether oxygens (including phenoxy) is 1. The Balaban J connectivity index is 1.56. The van der Waals surface area contributed by atoms with E-state index in [9.17, 15) is 0 Å². The number of imidazole rings is 1. The molecule has 0 radical (unpaired) electrons. The van der Waals surface area contributed by atoms with Crippen molar-refractivity contribution in [1.82, 2.24) is 14.9 Å². The molecule has 1 aliphatic rings. The quantitative estimate of drug-likeness (QED) is 0.909. The van der Waals surface area contributed by atoms with Crippen LogP contribution < -0.4 is 0 Å². The molecule has 0 spiro atoms. The Bertz CT molecular complexity index is 483. The number of nitrogens with one attached hydrogen (secondary N) is 1. The van der Waals surface area contributed by atoms with Crippen LogP contribution in [-0.4, -0.2) is 40.7 Å². The summed E-state index contributed by atoms with van der Waals surface area (Å²) in [4.78, 5) is 9.86. The summed E-state index contributed by atoms with van der Waals surface area (Å²) in [5.74, 6) is 1.01. The van der Waals surface area contributed by atoms with Gasteiger partial charge >= 0.3 is 0 Å². The molecule has 19 heavy (non-hydrogen) atoms. The summed E-state index contributed by atoms with van der Waals surface area (Å²) in [6.45, 7) is 3.77. The molecule has 3 rings (SSSR count). The van der Waals surface area contributed by atoms with Crippen LogP contribution in [0.4, 0.5) is 0 Å². The summed E-state index contributed by atoms with van der Waals surface area (Å²) in [7, 11) is 0. The molecule has 0 unspecified atom stereocenters. The van der Waals surface area contributed by atoms with Gasteiger partial charge in [-0.2, -0.15) is 0 Å². The number of benzene rings is 1. The minimum atomic E-state index is 0.239. The van der Waals surface area contributed by atoms with Crippen LogP contribution in [-0.2, 0) is 17.7 Å². The van der Waals surface area contributed by atoms with E-state index in [4.69, 9.17) is 4.74 Å². The number of rotatable bonds is 4. The Kier molecular flexibility index (Phi) is 3.91. The van der Waals surface area contributed by atoms with Crippen LogP contribution in [0.1, 0.15) is 11.4 Å². The lowest BCUT2D eigenvalue weighted by atomic mass is 10.1. The first-order valence-corrected chi connectivity index (χ1v) is 6.76. The molecule has 1 aliphatic heterocycles. The summed E-state index contributed by atoms with van der Waals surface area (Å²) in [5.41, 5.74) is 1.36. The zero-order valence-corrected chi connectivity index (χ0v) is 11.0. The van der Waals surface area contributed by atoms with Gasteiger partial charge in [-0.1, -0.05) is 30.3 Å². The largest absolute Gasteiger partial charge is 0.375 e. The normalized spacial score (nSPS) is 20.5. The molecule has 0 saturated carbocycles. The lowest BCUT2D eigenvalue weighted by Crippen LogP contribution is -2.42. The number of nitrogens with zero attached hydrogens (tertiary/aromatic N) is 2. The van der Waals surface area contributed by atoms with Crippen molar-refractivity contribution in [2.24, 2.45) is 0 Å². The summed E-state index contributed by atoms with van der Waals surface area (Å²) >= 11 is 0. The molecule has 4 heteroatoms. The Morgan fingerprint density at radius 2 is 2.21 bits per heavy atom. The summed E-state index contributed by atoms with van der Waals surface area (Å²) in [5, 5.41) is 0. The van der Waals surface area contributed by atoms with Crippen molar-refractivity contribution in [2.75, 3.05) is 19.7 Å². The Hall–Kier alpha value is -1.65. The van der Waals surface area contributed by atoms with Gasteiger partial charge in [-0.3, -0.25) is 4.90 Å². The van der Waals surface area contributed by atoms with E-state index in [2.05, 4.69) is 45.2 Å². The highest BCUT2D eigenvalue weighted by atomic mass is 16.5. The molecule has 0 aliphatic carbocycles. The molecule has 1 aromatic heterocycles. The number of hydrogen-bond donors (Lipinski definition) is 1. The third-order valence-corrected chi connectivity index (χ3v) is 3.45. The molecule has 4 nitrogen and oxygen atoms in total. The average Bonchev–Trinajstić information content (AvgIpc) is 2.93. The highest BCUT2D eigenvalue weighted by molar-refractivity contribution is 5.14. The molecule has 100 valence electrons. The van der Waals surface area contributed by atoms with Gasteiger partial charge in [0, 0.05) is 38.4 Å². The van der Waals surface area contributed by atoms with Gasteiger partial charge < -0.3 is 9.72 Å². The predicted molar refractivity (Wildman–Crippen MR) is 73.8 cm³/mol. The molecule has 2 heterocycles. The second-order valence-electron chi connectivity index (χ2n) is 4.95. The molecule has 1 fully saturated rings. The van der Waals surface area contributed by atoms with Gasteiger partial charge in [0.25, 0.3) is 0 Å². The molecule has 1 N–H and O–H groups in total. The summed E-state index contributed by atoms with van der Waals surface area (Å²) in [6.07, 6.45) is 4.75. The molecule has 2 aromatic rings. The third kappa shape index (κ3) is 3.43. The standard InChI is InChI=1S/C15H19N3O/c1-2-4-13(5-3-1)11-18-8-9-19-14(12-18)10-15-16-6-7-17-15/h1-7,14H,8-12H2,(H,16,17)/t14-/m0/s1. The van der Waals surface area contributed by atoms with Gasteiger partial charge in [-0.05, 0) is 5.56 Å². The maximum absolute atomic E-state index is 5.82. The van der Waals surface area contributed by atoms with Gasteiger partial charge in [0.05, 0.1) is 12.7 Å². The fourth-order valence-corrected chi connectivity index (χ4v) is 2.51. The van der Waals surface area contributed by atoms with Gasteiger partial charge in [0.2, 0.25) is 0 Å². The van der Waals surface area contributed by atoms with Gasteiger partial charge in [-0.25, -0.2) is 4.98 Å². The topological polar surface area (TPSA) is 41.1 Å². The third-order valence-electron chi connectivity index (χ3n) is 3.45. The van der Waals surface area contributed by atoms with Crippen LogP contribution in [0.2, 0.25) is 0 Å². The first-order valence-electron chi connectivity index (χ1n) is 6.76. The first-order chi connectivity index (χ1) is 9.40. The molecule has 0 amide bonds. The van der Waals surface area contributed by atoms with E-state index in [0.717, 1.165) is 38.5 Å². The SMILES string of the molecule is c1ccc(CN2CCO[C@@H](Cc3ncc[nH]3)C2)cc1. The minimum Gasteiger partial charge on any atom is -0.375 e.